The highest BCUT2D eigenvalue weighted by atomic mass is 16.5. The Labute approximate surface area is 67.2 Å². The van der Waals surface area contributed by atoms with Crippen LogP contribution in [0, 0.1) is 6.58 Å². The van der Waals surface area contributed by atoms with Gasteiger partial charge in [-0.3, -0.25) is 0 Å². The summed E-state index contributed by atoms with van der Waals surface area (Å²) in [6.07, 6.45) is 4.46. The summed E-state index contributed by atoms with van der Waals surface area (Å²) in [6.45, 7) is 6.82. The SMILES string of the molecule is [CH]=C(C)C(=O)OC1CCCC1. The van der Waals surface area contributed by atoms with E-state index in [4.69, 9.17) is 11.3 Å². The zero-order valence-electron chi connectivity index (χ0n) is 6.80. The Morgan fingerprint density at radius 1 is 1.45 bits per heavy atom. The summed E-state index contributed by atoms with van der Waals surface area (Å²) in [6, 6.07) is 0. The van der Waals surface area contributed by atoms with Gasteiger partial charge < -0.3 is 4.74 Å². The Balaban J connectivity index is 2.29. The van der Waals surface area contributed by atoms with Gasteiger partial charge in [-0.25, -0.2) is 4.79 Å². The van der Waals surface area contributed by atoms with E-state index in [9.17, 15) is 4.79 Å². The van der Waals surface area contributed by atoms with E-state index >= 15 is 0 Å². The fourth-order valence-corrected chi connectivity index (χ4v) is 1.25. The molecule has 0 N–H and O–H groups in total. The summed E-state index contributed by atoms with van der Waals surface area (Å²) in [5, 5.41) is 0. The van der Waals surface area contributed by atoms with Gasteiger partial charge in [0, 0.05) is 5.57 Å². The monoisotopic (exact) mass is 153 g/mol. The van der Waals surface area contributed by atoms with Crippen molar-refractivity contribution in [1.29, 1.82) is 0 Å². The molecule has 1 aliphatic carbocycles. The van der Waals surface area contributed by atoms with Crippen LogP contribution in [0.5, 0.6) is 0 Å². The molecule has 0 amide bonds. The van der Waals surface area contributed by atoms with Gasteiger partial charge in [0.05, 0.1) is 0 Å². The molecular weight excluding hydrogens is 140 g/mol. The average Bonchev–Trinajstić information content (AvgIpc) is 2.39. The lowest BCUT2D eigenvalue weighted by molar-refractivity contribution is -0.143. The van der Waals surface area contributed by atoms with E-state index in [1.807, 2.05) is 0 Å². The van der Waals surface area contributed by atoms with Crippen LogP contribution < -0.4 is 0 Å². The van der Waals surface area contributed by atoms with E-state index in [2.05, 4.69) is 0 Å². The zero-order chi connectivity index (χ0) is 8.27. The number of esters is 1. The van der Waals surface area contributed by atoms with Crippen LogP contribution in [0.2, 0.25) is 0 Å². The van der Waals surface area contributed by atoms with E-state index in [1.54, 1.807) is 6.92 Å². The molecule has 2 nitrogen and oxygen atoms in total. The van der Waals surface area contributed by atoms with Crippen molar-refractivity contribution in [1.82, 2.24) is 0 Å². The van der Waals surface area contributed by atoms with Gasteiger partial charge in [0.15, 0.2) is 0 Å². The third kappa shape index (κ3) is 2.37. The summed E-state index contributed by atoms with van der Waals surface area (Å²) >= 11 is 0. The predicted octanol–water partition coefficient (Wildman–Crippen LogP) is 1.85. The number of hydrogen-bond donors (Lipinski definition) is 0. The molecule has 0 atom stereocenters. The maximum Gasteiger partial charge on any atom is 0.333 e. The maximum absolute atomic E-state index is 10.9. The first-order chi connectivity index (χ1) is 5.20. The third-order valence-corrected chi connectivity index (χ3v) is 1.90. The van der Waals surface area contributed by atoms with Crippen molar-refractivity contribution in [3.05, 3.63) is 12.2 Å². The molecule has 1 saturated carbocycles. The normalized spacial score (nSPS) is 18.3. The largest absolute Gasteiger partial charge is 0.459 e. The minimum absolute atomic E-state index is 0.126. The van der Waals surface area contributed by atoms with Gasteiger partial charge in [-0.15, -0.1) is 0 Å². The van der Waals surface area contributed by atoms with Gasteiger partial charge in [0.1, 0.15) is 6.10 Å². The second kappa shape index (κ2) is 3.56. The molecule has 0 heterocycles. The molecular formula is C9H13O2. The highest BCUT2D eigenvalue weighted by Crippen LogP contribution is 2.21. The molecule has 61 valence electrons. The van der Waals surface area contributed by atoms with Gasteiger partial charge in [-0.05, 0) is 32.6 Å². The molecule has 0 aromatic rings. The van der Waals surface area contributed by atoms with Crippen molar-refractivity contribution in [2.75, 3.05) is 0 Å². The van der Waals surface area contributed by atoms with Crippen LogP contribution in [0.3, 0.4) is 0 Å². The number of hydrogen-bond acceptors (Lipinski definition) is 2. The second-order valence-electron chi connectivity index (χ2n) is 2.99. The number of rotatable bonds is 2. The van der Waals surface area contributed by atoms with Crippen molar-refractivity contribution in [3.8, 4) is 0 Å². The Bertz CT molecular complexity index is 166. The minimum atomic E-state index is -0.350. The van der Waals surface area contributed by atoms with Crippen molar-refractivity contribution in [2.24, 2.45) is 0 Å². The number of carbonyl (C=O) groups excluding carboxylic acids is 1. The predicted molar refractivity (Wildman–Crippen MR) is 41.8 cm³/mol. The first kappa shape index (κ1) is 8.31. The number of carbonyl (C=O) groups is 1. The van der Waals surface area contributed by atoms with Crippen molar-refractivity contribution < 1.29 is 9.53 Å². The van der Waals surface area contributed by atoms with Gasteiger partial charge >= 0.3 is 5.97 Å². The Hall–Kier alpha value is -0.790. The van der Waals surface area contributed by atoms with Crippen molar-refractivity contribution in [3.63, 3.8) is 0 Å². The first-order valence-corrected chi connectivity index (χ1v) is 4.00. The van der Waals surface area contributed by atoms with Crippen LogP contribution in [0.4, 0.5) is 0 Å². The topological polar surface area (TPSA) is 26.3 Å². The maximum atomic E-state index is 10.9. The van der Waals surface area contributed by atoms with Crippen molar-refractivity contribution >= 4 is 5.97 Å². The van der Waals surface area contributed by atoms with Crippen LogP contribution >= 0.6 is 0 Å². The fraction of sp³-hybridized carbons (Fsp3) is 0.667. The average molecular weight is 153 g/mol. The lowest BCUT2D eigenvalue weighted by Crippen LogP contribution is -2.14. The van der Waals surface area contributed by atoms with Gasteiger partial charge in [0.2, 0.25) is 0 Å². The summed E-state index contributed by atoms with van der Waals surface area (Å²) in [5.41, 5.74) is 0.247. The summed E-state index contributed by atoms with van der Waals surface area (Å²) < 4.78 is 5.07. The zero-order valence-corrected chi connectivity index (χ0v) is 6.80. The van der Waals surface area contributed by atoms with E-state index in [0.717, 1.165) is 12.8 Å². The molecule has 0 aromatic heterocycles. The Kier molecular flexibility index (Phi) is 2.69. The Morgan fingerprint density at radius 3 is 2.45 bits per heavy atom. The van der Waals surface area contributed by atoms with Gasteiger partial charge in [-0.1, -0.05) is 6.58 Å². The molecule has 0 aromatic carbocycles. The quantitative estimate of drug-likeness (QED) is 0.447. The van der Waals surface area contributed by atoms with Crippen LogP contribution in [0.1, 0.15) is 32.6 Å². The van der Waals surface area contributed by atoms with Crippen LogP contribution in [0.15, 0.2) is 5.57 Å². The third-order valence-electron chi connectivity index (χ3n) is 1.90. The second-order valence-corrected chi connectivity index (χ2v) is 2.99. The van der Waals surface area contributed by atoms with E-state index in [-0.39, 0.29) is 17.6 Å². The molecule has 2 heteroatoms. The number of ether oxygens (including phenoxy) is 1. The molecule has 11 heavy (non-hydrogen) atoms. The highest BCUT2D eigenvalue weighted by molar-refractivity contribution is 5.86. The van der Waals surface area contributed by atoms with Gasteiger partial charge in [0.25, 0.3) is 0 Å². The van der Waals surface area contributed by atoms with E-state index < -0.39 is 0 Å². The van der Waals surface area contributed by atoms with Crippen LogP contribution in [-0.2, 0) is 9.53 Å². The molecule has 1 fully saturated rings. The minimum Gasteiger partial charge on any atom is -0.459 e. The molecule has 1 aliphatic rings. The molecule has 0 saturated heterocycles. The lowest BCUT2D eigenvalue weighted by Gasteiger charge is -2.10. The van der Waals surface area contributed by atoms with Gasteiger partial charge in [-0.2, -0.15) is 0 Å². The molecule has 0 spiro atoms. The summed E-state index contributed by atoms with van der Waals surface area (Å²) in [7, 11) is 0. The fourth-order valence-electron chi connectivity index (χ4n) is 1.25. The summed E-state index contributed by atoms with van der Waals surface area (Å²) in [4.78, 5) is 10.9. The Morgan fingerprint density at radius 2 is 2.00 bits per heavy atom. The van der Waals surface area contributed by atoms with Crippen molar-refractivity contribution in [2.45, 2.75) is 38.7 Å². The molecule has 1 radical (unpaired) electrons. The van der Waals surface area contributed by atoms with E-state index in [1.165, 1.54) is 12.8 Å². The van der Waals surface area contributed by atoms with Crippen LogP contribution in [0.25, 0.3) is 0 Å². The lowest BCUT2D eigenvalue weighted by atomic mass is 10.3. The highest BCUT2D eigenvalue weighted by Gasteiger charge is 2.18. The standard InChI is InChI=1S/C9H13O2/c1-7(2)9(10)11-8-5-3-4-6-8/h1,8H,3-6H2,2H3. The first-order valence-electron chi connectivity index (χ1n) is 4.00. The molecule has 0 bridgehead atoms. The summed E-state index contributed by atoms with van der Waals surface area (Å²) in [5.74, 6) is -0.350. The molecule has 0 aliphatic heterocycles. The smallest absolute Gasteiger partial charge is 0.333 e. The molecule has 1 rings (SSSR count). The van der Waals surface area contributed by atoms with Crippen LogP contribution in [-0.4, -0.2) is 12.1 Å². The molecule has 0 unspecified atom stereocenters. The van der Waals surface area contributed by atoms with E-state index in [0.29, 0.717) is 0 Å².